The van der Waals surface area contributed by atoms with E-state index in [1.54, 1.807) is 11.3 Å². The van der Waals surface area contributed by atoms with Gasteiger partial charge in [0.2, 0.25) is 0 Å². The number of allylic oxidation sites excluding steroid dienone is 1. The summed E-state index contributed by atoms with van der Waals surface area (Å²) < 4.78 is 1.07. The number of rotatable bonds is 4. The highest BCUT2D eigenvalue weighted by molar-refractivity contribution is 9.11. The second kappa shape index (κ2) is 4.94. The van der Waals surface area contributed by atoms with Gasteiger partial charge in [0.15, 0.2) is 0 Å². The molecule has 1 unspecified atom stereocenters. The second-order valence-corrected chi connectivity index (χ2v) is 5.49. The highest BCUT2D eigenvalue weighted by Crippen LogP contribution is 2.28. The van der Waals surface area contributed by atoms with E-state index in [0.29, 0.717) is 0 Å². The van der Waals surface area contributed by atoms with E-state index >= 15 is 0 Å². The SMILES string of the molecule is C=C(C)CCC(O)c1csc(Br)c1. The van der Waals surface area contributed by atoms with E-state index in [0.717, 1.165) is 27.8 Å². The lowest BCUT2D eigenvalue weighted by Crippen LogP contribution is -1.95. The lowest BCUT2D eigenvalue weighted by atomic mass is 10.1. The first-order valence-corrected chi connectivity index (χ1v) is 5.83. The molecule has 0 aliphatic heterocycles. The quantitative estimate of drug-likeness (QED) is 0.815. The van der Waals surface area contributed by atoms with Crippen LogP contribution in [0.25, 0.3) is 0 Å². The molecule has 1 rings (SSSR count). The molecule has 0 aromatic carbocycles. The molecule has 0 radical (unpaired) electrons. The van der Waals surface area contributed by atoms with Gasteiger partial charge in [0.05, 0.1) is 9.89 Å². The van der Waals surface area contributed by atoms with E-state index in [1.165, 1.54) is 0 Å². The molecule has 3 heteroatoms. The summed E-state index contributed by atoms with van der Waals surface area (Å²) in [5, 5.41) is 11.7. The number of aliphatic hydroxyl groups is 1. The Hall–Kier alpha value is -0.120. The lowest BCUT2D eigenvalue weighted by Gasteiger charge is -2.07. The van der Waals surface area contributed by atoms with E-state index in [2.05, 4.69) is 22.5 Å². The Morgan fingerprint density at radius 1 is 1.77 bits per heavy atom. The molecule has 1 aromatic heterocycles. The number of thiophene rings is 1. The Morgan fingerprint density at radius 2 is 2.46 bits per heavy atom. The topological polar surface area (TPSA) is 20.2 Å². The molecule has 72 valence electrons. The van der Waals surface area contributed by atoms with E-state index in [4.69, 9.17) is 0 Å². The zero-order valence-corrected chi connectivity index (χ0v) is 9.99. The van der Waals surface area contributed by atoms with Crippen LogP contribution in [0.5, 0.6) is 0 Å². The first-order chi connectivity index (χ1) is 6.09. The van der Waals surface area contributed by atoms with Gasteiger partial charge in [-0.05, 0) is 52.7 Å². The van der Waals surface area contributed by atoms with Gasteiger partial charge in [-0.2, -0.15) is 0 Å². The molecular formula is C10H13BrOS. The van der Waals surface area contributed by atoms with Crippen molar-refractivity contribution in [3.05, 3.63) is 32.9 Å². The fraction of sp³-hybridized carbons (Fsp3) is 0.400. The van der Waals surface area contributed by atoms with E-state index in [1.807, 2.05) is 18.4 Å². The zero-order valence-electron chi connectivity index (χ0n) is 7.59. The fourth-order valence-corrected chi connectivity index (χ4v) is 2.27. The fourth-order valence-electron chi connectivity index (χ4n) is 1.05. The summed E-state index contributed by atoms with van der Waals surface area (Å²) in [5.41, 5.74) is 2.12. The van der Waals surface area contributed by atoms with Crippen LogP contribution in [0.3, 0.4) is 0 Å². The van der Waals surface area contributed by atoms with Crippen molar-refractivity contribution in [3.8, 4) is 0 Å². The summed E-state index contributed by atoms with van der Waals surface area (Å²) in [5.74, 6) is 0. The van der Waals surface area contributed by atoms with Crippen molar-refractivity contribution in [2.75, 3.05) is 0 Å². The Bertz CT molecular complexity index is 293. The summed E-state index contributed by atoms with van der Waals surface area (Å²) in [6.07, 6.45) is 1.30. The molecule has 1 heterocycles. The molecule has 13 heavy (non-hydrogen) atoms. The smallest absolute Gasteiger partial charge is 0.0801 e. The van der Waals surface area contributed by atoms with Gasteiger partial charge < -0.3 is 5.11 Å². The average Bonchev–Trinajstić information content (AvgIpc) is 2.47. The normalized spacial score (nSPS) is 12.8. The van der Waals surface area contributed by atoms with Gasteiger partial charge in [-0.3, -0.25) is 0 Å². The summed E-state index contributed by atoms with van der Waals surface area (Å²) >= 11 is 4.97. The average molecular weight is 261 g/mol. The molecule has 0 fully saturated rings. The summed E-state index contributed by atoms with van der Waals surface area (Å²) in [6.45, 7) is 5.79. The van der Waals surface area contributed by atoms with Crippen LogP contribution in [0.1, 0.15) is 31.4 Å². The van der Waals surface area contributed by atoms with E-state index in [-0.39, 0.29) is 6.10 Å². The highest BCUT2D eigenvalue weighted by Gasteiger charge is 2.08. The van der Waals surface area contributed by atoms with Crippen molar-refractivity contribution >= 4 is 27.3 Å². The van der Waals surface area contributed by atoms with Crippen LogP contribution in [-0.4, -0.2) is 5.11 Å². The van der Waals surface area contributed by atoms with Crippen LogP contribution >= 0.6 is 27.3 Å². The minimum atomic E-state index is -0.348. The lowest BCUT2D eigenvalue weighted by molar-refractivity contribution is 0.168. The van der Waals surface area contributed by atoms with Crippen LogP contribution in [0.15, 0.2) is 27.4 Å². The molecule has 1 N–H and O–H groups in total. The van der Waals surface area contributed by atoms with Crippen LogP contribution in [0.4, 0.5) is 0 Å². The molecule has 0 amide bonds. The second-order valence-electron chi connectivity index (χ2n) is 3.20. The molecule has 0 saturated carbocycles. The minimum Gasteiger partial charge on any atom is -0.388 e. The van der Waals surface area contributed by atoms with Gasteiger partial charge in [-0.1, -0.05) is 5.57 Å². The van der Waals surface area contributed by atoms with Crippen molar-refractivity contribution in [2.24, 2.45) is 0 Å². The molecule has 0 saturated heterocycles. The Labute approximate surface area is 91.2 Å². The van der Waals surface area contributed by atoms with Crippen molar-refractivity contribution in [1.82, 2.24) is 0 Å². The standard InChI is InChI=1S/C10H13BrOS/c1-7(2)3-4-9(12)8-5-10(11)13-6-8/h5-6,9,12H,1,3-4H2,2H3. The Kier molecular flexibility index (Phi) is 4.16. The van der Waals surface area contributed by atoms with E-state index < -0.39 is 0 Å². The van der Waals surface area contributed by atoms with Gasteiger partial charge in [0, 0.05) is 0 Å². The summed E-state index contributed by atoms with van der Waals surface area (Å²) in [4.78, 5) is 0. The molecule has 0 aliphatic carbocycles. The molecule has 0 bridgehead atoms. The summed E-state index contributed by atoms with van der Waals surface area (Å²) in [6, 6.07) is 1.97. The maximum absolute atomic E-state index is 9.73. The van der Waals surface area contributed by atoms with Gasteiger partial charge in [-0.25, -0.2) is 0 Å². The van der Waals surface area contributed by atoms with E-state index in [9.17, 15) is 5.11 Å². The molecule has 0 aliphatic rings. The Morgan fingerprint density at radius 3 is 2.92 bits per heavy atom. The maximum Gasteiger partial charge on any atom is 0.0801 e. The van der Waals surface area contributed by atoms with Crippen LogP contribution in [0.2, 0.25) is 0 Å². The van der Waals surface area contributed by atoms with Crippen molar-refractivity contribution in [3.63, 3.8) is 0 Å². The third-order valence-electron chi connectivity index (χ3n) is 1.82. The van der Waals surface area contributed by atoms with Crippen LogP contribution in [-0.2, 0) is 0 Å². The van der Waals surface area contributed by atoms with Crippen molar-refractivity contribution in [1.29, 1.82) is 0 Å². The molecule has 1 atom stereocenters. The van der Waals surface area contributed by atoms with Gasteiger partial charge >= 0.3 is 0 Å². The monoisotopic (exact) mass is 260 g/mol. The predicted octanol–water partition coefficient (Wildman–Crippen LogP) is 3.90. The van der Waals surface area contributed by atoms with Gasteiger partial charge in [-0.15, -0.1) is 17.9 Å². The molecular weight excluding hydrogens is 248 g/mol. The zero-order chi connectivity index (χ0) is 9.84. The molecule has 0 spiro atoms. The Balaban J connectivity index is 2.48. The number of halogens is 1. The molecule has 1 aromatic rings. The van der Waals surface area contributed by atoms with Gasteiger partial charge in [0.25, 0.3) is 0 Å². The predicted molar refractivity (Wildman–Crippen MR) is 61.0 cm³/mol. The van der Waals surface area contributed by atoms with Crippen molar-refractivity contribution in [2.45, 2.75) is 25.9 Å². The third kappa shape index (κ3) is 3.63. The third-order valence-corrected chi connectivity index (χ3v) is 3.34. The minimum absolute atomic E-state index is 0.348. The first-order valence-electron chi connectivity index (χ1n) is 4.16. The highest BCUT2D eigenvalue weighted by atomic mass is 79.9. The van der Waals surface area contributed by atoms with Crippen LogP contribution < -0.4 is 0 Å². The number of hydrogen-bond acceptors (Lipinski definition) is 2. The van der Waals surface area contributed by atoms with Crippen LogP contribution in [0, 0.1) is 0 Å². The number of hydrogen-bond donors (Lipinski definition) is 1. The largest absolute Gasteiger partial charge is 0.388 e. The molecule has 1 nitrogen and oxygen atoms in total. The van der Waals surface area contributed by atoms with Gasteiger partial charge in [0.1, 0.15) is 0 Å². The number of aliphatic hydroxyl groups excluding tert-OH is 1. The summed E-state index contributed by atoms with van der Waals surface area (Å²) in [7, 11) is 0. The van der Waals surface area contributed by atoms with Crippen molar-refractivity contribution < 1.29 is 5.11 Å². The first kappa shape index (κ1) is 11.0. The maximum atomic E-state index is 9.73.